The summed E-state index contributed by atoms with van der Waals surface area (Å²) < 4.78 is 0. The van der Waals surface area contributed by atoms with Crippen LogP contribution in [-0.2, 0) is 21.7 Å². The summed E-state index contributed by atoms with van der Waals surface area (Å²) in [7, 11) is -0.520. The third-order valence-electron chi connectivity index (χ3n) is 5.83. The number of hydrogen-bond acceptors (Lipinski definition) is 0. The van der Waals surface area contributed by atoms with E-state index >= 15 is 0 Å². The summed E-state index contributed by atoms with van der Waals surface area (Å²) in [4.78, 5) is 0. The van der Waals surface area contributed by atoms with Crippen molar-refractivity contribution in [2.45, 2.75) is 0 Å². The average Bonchev–Trinajstić information content (AvgIpc) is 3.81. The molecule has 0 unspecified atom stereocenters. The van der Waals surface area contributed by atoms with Gasteiger partial charge in [0.25, 0.3) is 0 Å². The van der Waals surface area contributed by atoms with Crippen LogP contribution in [0.4, 0.5) is 0 Å². The van der Waals surface area contributed by atoms with E-state index in [0.29, 0.717) is 0 Å². The van der Waals surface area contributed by atoms with Crippen molar-refractivity contribution < 1.29 is 21.7 Å². The molecule has 0 aromatic heterocycles. The van der Waals surface area contributed by atoms with E-state index in [2.05, 4.69) is 135 Å². The summed E-state index contributed by atoms with van der Waals surface area (Å²) in [6.45, 7) is 8.14. The Balaban J connectivity index is 0.000000211. The zero-order chi connectivity index (χ0) is 28.1. The van der Waals surface area contributed by atoms with E-state index in [9.17, 15) is 0 Å². The van der Waals surface area contributed by atoms with Crippen LogP contribution in [0.15, 0.2) is 121 Å². The van der Waals surface area contributed by atoms with Gasteiger partial charge in [-0.05, 0) is 85.4 Å². The normalized spacial score (nSPS) is 13.6. The van der Waals surface area contributed by atoms with Crippen molar-refractivity contribution in [2.75, 3.05) is 12.3 Å². The van der Waals surface area contributed by atoms with Crippen LogP contribution in [0.1, 0.15) is 0 Å². The summed E-state index contributed by atoms with van der Waals surface area (Å²) in [5.41, 5.74) is 0. The van der Waals surface area contributed by atoms with Gasteiger partial charge in [-0.1, -0.05) is 137 Å². The molecule has 0 N–H and O–H groups in total. The number of hydrogen-bond donors (Lipinski definition) is 0. The molecule has 41 heavy (non-hydrogen) atoms. The van der Waals surface area contributed by atoms with E-state index in [1.165, 1.54) is 21.2 Å². The van der Waals surface area contributed by atoms with Gasteiger partial charge in [-0.15, -0.1) is 0 Å². The first-order chi connectivity index (χ1) is 19.8. The second kappa shape index (κ2) is 23.0. The van der Waals surface area contributed by atoms with Crippen LogP contribution in [0.2, 0.25) is 0 Å². The van der Waals surface area contributed by atoms with Gasteiger partial charge in [-0.3, -0.25) is 0 Å². The molecule has 2 fully saturated rings. The quantitative estimate of drug-likeness (QED) is 0.119. The average molecular weight is 605 g/mol. The van der Waals surface area contributed by atoms with Crippen LogP contribution < -0.4 is 21.2 Å². The molecule has 3 heteroatoms. The molecule has 0 nitrogen and oxygen atoms in total. The third kappa shape index (κ3) is 14.0. The Kier molecular flexibility index (Phi) is 20.0. The Hall–Kier alpha value is -1.55. The molecule has 2 saturated carbocycles. The minimum Gasteiger partial charge on any atom is -0.339 e. The van der Waals surface area contributed by atoms with Crippen molar-refractivity contribution in [3.8, 4) is 0 Å². The molecule has 6 rings (SSSR count). The predicted molar refractivity (Wildman–Crippen MR) is 182 cm³/mol. The molecule has 4 aromatic carbocycles. The molecule has 0 amide bonds. The van der Waals surface area contributed by atoms with E-state index in [4.69, 9.17) is 0 Å². The maximum atomic E-state index is 4.07. The summed E-state index contributed by atoms with van der Waals surface area (Å²) in [6.07, 6.45) is 21.9. The summed E-state index contributed by atoms with van der Waals surface area (Å²) in [5, 5.41) is 5.64. The maximum absolute atomic E-state index is 4.07. The summed E-state index contributed by atoms with van der Waals surface area (Å²) >= 11 is 0. The molecule has 0 spiro atoms. The monoisotopic (exact) mass is 604 g/mol. The topological polar surface area (TPSA) is 0 Å². The molecule has 0 atom stereocenters. The summed E-state index contributed by atoms with van der Waals surface area (Å²) in [6, 6.07) is 42.6. The van der Waals surface area contributed by atoms with Gasteiger partial charge in [-0.2, -0.15) is 12.3 Å². The minimum absolute atomic E-state index is 0. The van der Waals surface area contributed by atoms with Gasteiger partial charge in [-0.25, -0.2) is 0 Å². The maximum Gasteiger partial charge on any atom is 2.00 e. The Morgan fingerprint density at radius 2 is 0.488 bits per heavy atom. The van der Waals surface area contributed by atoms with Crippen LogP contribution in [-0.4, -0.2) is 12.3 Å². The minimum atomic E-state index is -0.260. The molecule has 0 aliphatic heterocycles. The van der Waals surface area contributed by atoms with Crippen molar-refractivity contribution in [2.24, 2.45) is 0 Å². The first-order valence-electron chi connectivity index (χ1n) is 13.5. The van der Waals surface area contributed by atoms with Gasteiger partial charge in [0, 0.05) is 0 Å². The fraction of sp³-hybridized carbons (Fsp3) is 0.0526. The van der Waals surface area contributed by atoms with Crippen molar-refractivity contribution in [1.29, 1.82) is 0 Å². The van der Waals surface area contributed by atoms with E-state index in [-0.39, 0.29) is 37.6 Å². The molecular weight excluding hydrogens is 566 g/mol. The van der Waals surface area contributed by atoms with Gasteiger partial charge in [0.05, 0.1) is 0 Å². The van der Waals surface area contributed by atoms with Gasteiger partial charge in [0.1, 0.15) is 0 Å². The van der Waals surface area contributed by atoms with Gasteiger partial charge >= 0.3 is 21.7 Å². The smallest absolute Gasteiger partial charge is 0.339 e. The zero-order valence-corrected chi connectivity index (χ0v) is 26.9. The fourth-order valence-corrected chi connectivity index (χ4v) is 7.64. The predicted octanol–water partition coefficient (Wildman–Crippen LogP) is 7.95. The van der Waals surface area contributed by atoms with Crippen molar-refractivity contribution >= 4 is 37.1 Å². The number of rotatable bonds is 6. The van der Waals surface area contributed by atoms with Crippen molar-refractivity contribution in [3.05, 3.63) is 199 Å². The molecule has 10 radical (unpaired) electrons. The molecule has 0 saturated heterocycles. The molecular formula is C38H38P2Ti. The second-order valence-corrected chi connectivity index (χ2v) is 13.2. The Morgan fingerprint density at radius 1 is 0.317 bits per heavy atom. The first kappa shape index (κ1) is 35.6. The fourth-order valence-electron chi connectivity index (χ4n) is 3.89. The van der Waals surface area contributed by atoms with Gasteiger partial charge in [0.2, 0.25) is 0 Å². The number of benzene rings is 4. The Morgan fingerprint density at radius 3 is 0.634 bits per heavy atom. The molecule has 0 bridgehead atoms. The van der Waals surface area contributed by atoms with Crippen LogP contribution >= 0.6 is 15.8 Å². The van der Waals surface area contributed by atoms with Crippen molar-refractivity contribution in [1.82, 2.24) is 0 Å². The molecule has 0 heterocycles. The largest absolute Gasteiger partial charge is 2.00 e. The standard InChI is InChI=1S/2C14H14P.2C5H5.Ti/c2*1-2-15(13-9-5-3-6-10-13)14-11-7-4-8-12-14;2*1-2-4-5-3-1;/h2*3-12H,1-2H2;2*1-5H;/q2*-1;;;+2. The molecule has 2 aliphatic carbocycles. The van der Waals surface area contributed by atoms with E-state index in [1.807, 2.05) is 64.2 Å². The molecule has 4 aromatic rings. The van der Waals surface area contributed by atoms with Crippen molar-refractivity contribution in [3.63, 3.8) is 0 Å². The zero-order valence-electron chi connectivity index (χ0n) is 23.5. The van der Waals surface area contributed by atoms with Crippen LogP contribution in [0.5, 0.6) is 0 Å². The Labute approximate surface area is 269 Å². The second-order valence-electron chi connectivity index (χ2n) is 8.57. The van der Waals surface area contributed by atoms with E-state index < -0.39 is 0 Å². The van der Waals surface area contributed by atoms with Crippen LogP contribution in [0.3, 0.4) is 0 Å². The van der Waals surface area contributed by atoms with Crippen LogP contribution in [0, 0.1) is 78.1 Å². The van der Waals surface area contributed by atoms with E-state index in [0.717, 1.165) is 12.3 Å². The van der Waals surface area contributed by atoms with Gasteiger partial charge < -0.3 is 13.8 Å². The van der Waals surface area contributed by atoms with E-state index in [1.54, 1.807) is 0 Å². The third-order valence-corrected chi connectivity index (χ3v) is 10.4. The molecule has 2 aliphatic rings. The SMILES string of the molecule is [CH2-]CP(c1ccccc1)c1ccccc1.[CH2-]CP(c1ccccc1)c1ccccc1.[CH]1[CH][CH][CH][CH]1.[CH]1[CH][CH][CH][CH]1.[Ti+2]. The first-order valence-corrected chi connectivity index (χ1v) is 16.6. The van der Waals surface area contributed by atoms with Gasteiger partial charge in [0.15, 0.2) is 0 Å². The Bertz CT molecular complexity index is 925. The summed E-state index contributed by atoms with van der Waals surface area (Å²) in [5.74, 6) is 0. The van der Waals surface area contributed by atoms with Crippen LogP contribution in [0.25, 0.3) is 0 Å². The molecule has 204 valence electrons.